The Kier molecular flexibility index (Phi) is 9.71. The van der Waals surface area contributed by atoms with Crippen LogP contribution in [-0.2, 0) is 43.2 Å². The second kappa shape index (κ2) is 13.3. The summed E-state index contributed by atoms with van der Waals surface area (Å²) in [4.78, 5) is 59.6. The van der Waals surface area contributed by atoms with Gasteiger partial charge < -0.3 is 25.1 Å². The SMILES string of the molecule is C=CC1=C(C)[C@@H](Cc2[nH]c(/C=c3\[nH]/c(=C/C4=NC(=O)[C@@H](C)/C4=C/C)c(C)c3CCC(=O)O)c(CCC(=O)OC)c2C)NC1=O. The van der Waals surface area contributed by atoms with E-state index in [1.165, 1.54) is 7.11 Å². The monoisotopic (exact) mass is 600 g/mol. The Morgan fingerprint density at radius 3 is 2.34 bits per heavy atom. The van der Waals surface area contributed by atoms with Crippen molar-refractivity contribution < 1.29 is 29.0 Å². The lowest BCUT2D eigenvalue weighted by atomic mass is 9.98. The molecule has 232 valence electrons. The van der Waals surface area contributed by atoms with E-state index < -0.39 is 5.97 Å². The van der Waals surface area contributed by atoms with Crippen molar-refractivity contribution in [2.45, 2.75) is 72.8 Å². The molecule has 0 spiro atoms. The van der Waals surface area contributed by atoms with Gasteiger partial charge in [-0.2, -0.15) is 0 Å². The minimum atomic E-state index is -0.907. The first-order valence-electron chi connectivity index (χ1n) is 14.7. The van der Waals surface area contributed by atoms with Crippen LogP contribution in [0.25, 0.3) is 12.2 Å². The lowest BCUT2D eigenvalue weighted by Crippen LogP contribution is -2.30. The van der Waals surface area contributed by atoms with Crippen LogP contribution < -0.4 is 16.0 Å². The first-order valence-corrected chi connectivity index (χ1v) is 14.7. The number of amides is 2. The van der Waals surface area contributed by atoms with Gasteiger partial charge in [0.1, 0.15) is 0 Å². The Morgan fingerprint density at radius 2 is 1.73 bits per heavy atom. The van der Waals surface area contributed by atoms with Gasteiger partial charge in [-0.05, 0) is 93.0 Å². The Balaban J connectivity index is 1.86. The van der Waals surface area contributed by atoms with Crippen LogP contribution in [0.5, 0.6) is 0 Å². The number of nitrogens with one attached hydrogen (secondary N) is 3. The third-order valence-corrected chi connectivity index (χ3v) is 8.72. The molecule has 2 atom stereocenters. The van der Waals surface area contributed by atoms with E-state index in [-0.39, 0.29) is 42.6 Å². The van der Waals surface area contributed by atoms with Crippen LogP contribution in [0.4, 0.5) is 0 Å². The third-order valence-electron chi connectivity index (χ3n) is 8.72. The minimum absolute atomic E-state index is 0.0572. The molecule has 4 N–H and O–H groups in total. The molecule has 4 heterocycles. The van der Waals surface area contributed by atoms with Crippen LogP contribution in [0.2, 0.25) is 0 Å². The number of carbonyl (C=O) groups excluding carboxylic acids is 3. The van der Waals surface area contributed by atoms with Crippen LogP contribution in [0.15, 0.2) is 40.4 Å². The van der Waals surface area contributed by atoms with Crippen molar-refractivity contribution in [3.05, 3.63) is 79.8 Å². The summed E-state index contributed by atoms with van der Waals surface area (Å²) in [6.45, 7) is 13.3. The number of carbonyl (C=O) groups is 4. The Bertz CT molecular complexity index is 1760. The normalized spacial score (nSPS) is 20.1. The van der Waals surface area contributed by atoms with Gasteiger partial charge in [0.2, 0.25) is 0 Å². The largest absolute Gasteiger partial charge is 0.481 e. The topological polar surface area (TPSA) is 154 Å². The summed E-state index contributed by atoms with van der Waals surface area (Å²) in [5.74, 6) is -1.90. The van der Waals surface area contributed by atoms with Gasteiger partial charge in [0.05, 0.1) is 24.8 Å². The predicted octanol–water partition coefficient (Wildman–Crippen LogP) is 2.80. The molecule has 0 bridgehead atoms. The highest BCUT2D eigenvalue weighted by Crippen LogP contribution is 2.27. The fourth-order valence-corrected chi connectivity index (χ4v) is 6.00. The number of ether oxygens (including phenoxy) is 1. The van der Waals surface area contributed by atoms with Crippen LogP contribution in [0.3, 0.4) is 0 Å². The Morgan fingerprint density at radius 1 is 1.02 bits per heavy atom. The van der Waals surface area contributed by atoms with Crippen molar-refractivity contribution in [2.75, 3.05) is 7.11 Å². The molecule has 44 heavy (non-hydrogen) atoms. The highest BCUT2D eigenvalue weighted by Gasteiger charge is 2.29. The predicted molar refractivity (Wildman–Crippen MR) is 169 cm³/mol. The average molecular weight is 601 g/mol. The summed E-state index contributed by atoms with van der Waals surface area (Å²) in [7, 11) is 1.36. The molecule has 2 amide bonds. The van der Waals surface area contributed by atoms with Crippen LogP contribution >= 0.6 is 0 Å². The molecule has 10 nitrogen and oxygen atoms in total. The number of esters is 1. The number of rotatable bonds is 11. The van der Waals surface area contributed by atoms with Crippen molar-refractivity contribution in [3.8, 4) is 0 Å². The van der Waals surface area contributed by atoms with E-state index in [1.54, 1.807) is 6.08 Å². The van der Waals surface area contributed by atoms with E-state index in [9.17, 15) is 24.3 Å². The summed E-state index contributed by atoms with van der Waals surface area (Å²) in [5, 5.41) is 13.9. The maximum Gasteiger partial charge on any atom is 0.305 e. The summed E-state index contributed by atoms with van der Waals surface area (Å²) in [6, 6.07) is -0.202. The standard InChI is InChI=1S/C34H40N4O6/c1-8-21-20(6)33(42)38-28(21)15-26-18(4)23(10-12-31(39)40)29(36-26)16-30-24(11-13-32(41)44-7)19(5)25(35-30)14-27-17(3)22(9-2)34(43)37-27/h8-9,15-16,20,27,35-36H,2,10-14H2,1,3-7H3,(H,37,43)(H,39,40)/b21-8-,26-15+,29-16-/t20-,27+/m0/s1. The lowest BCUT2D eigenvalue weighted by molar-refractivity contribution is -0.140. The molecule has 0 aromatic carbocycles. The van der Waals surface area contributed by atoms with E-state index in [2.05, 4.69) is 26.9 Å². The second-order valence-corrected chi connectivity index (χ2v) is 11.3. The second-order valence-electron chi connectivity index (χ2n) is 11.3. The van der Waals surface area contributed by atoms with E-state index in [0.29, 0.717) is 30.5 Å². The Labute approximate surface area is 256 Å². The van der Waals surface area contributed by atoms with E-state index in [4.69, 9.17) is 4.74 Å². The molecule has 2 aliphatic heterocycles. The van der Waals surface area contributed by atoms with Crippen LogP contribution in [-0.4, -0.2) is 57.7 Å². The number of aromatic nitrogens is 2. The number of nitrogens with zero attached hydrogens (tertiary/aromatic N) is 1. The van der Waals surface area contributed by atoms with Gasteiger partial charge in [0, 0.05) is 46.9 Å². The summed E-state index contributed by atoms with van der Waals surface area (Å²) in [6.07, 6.45) is 8.61. The number of aliphatic imine (C=N–C) groups is 1. The fraction of sp³-hybridized carbons (Fsp3) is 0.382. The number of aromatic amines is 2. The van der Waals surface area contributed by atoms with E-state index in [0.717, 1.165) is 55.5 Å². The first-order chi connectivity index (χ1) is 20.9. The van der Waals surface area contributed by atoms with Gasteiger partial charge in [-0.25, -0.2) is 4.99 Å². The maximum absolute atomic E-state index is 12.4. The van der Waals surface area contributed by atoms with Gasteiger partial charge in [-0.3, -0.25) is 19.2 Å². The van der Waals surface area contributed by atoms with Crippen LogP contribution in [0.1, 0.15) is 67.3 Å². The molecule has 2 aliphatic rings. The smallest absolute Gasteiger partial charge is 0.305 e. The molecule has 2 aromatic rings. The maximum atomic E-state index is 12.4. The molecule has 4 rings (SSSR count). The van der Waals surface area contributed by atoms with Gasteiger partial charge in [-0.15, -0.1) is 0 Å². The molecule has 0 unspecified atom stereocenters. The molecule has 0 aliphatic carbocycles. The third kappa shape index (κ3) is 6.44. The molecule has 2 aromatic heterocycles. The quantitative estimate of drug-likeness (QED) is 0.291. The summed E-state index contributed by atoms with van der Waals surface area (Å²) >= 11 is 0. The number of hydrogen-bond acceptors (Lipinski definition) is 5. The van der Waals surface area contributed by atoms with Gasteiger partial charge in [0.25, 0.3) is 11.8 Å². The number of carboxylic acids is 1. The van der Waals surface area contributed by atoms with Crippen molar-refractivity contribution in [2.24, 2.45) is 10.9 Å². The van der Waals surface area contributed by atoms with E-state index >= 15 is 0 Å². The molecule has 0 fully saturated rings. The number of allylic oxidation sites excluding steroid dienone is 1. The summed E-state index contributed by atoms with van der Waals surface area (Å²) in [5.41, 5.74) is 8.23. The van der Waals surface area contributed by atoms with Crippen molar-refractivity contribution in [3.63, 3.8) is 0 Å². The average Bonchev–Trinajstić information content (AvgIpc) is 3.63. The van der Waals surface area contributed by atoms with Gasteiger partial charge in [0.15, 0.2) is 0 Å². The number of aliphatic carboxylic acids is 1. The highest BCUT2D eigenvalue weighted by molar-refractivity contribution is 6.29. The number of H-pyrrole nitrogens is 2. The van der Waals surface area contributed by atoms with Crippen molar-refractivity contribution >= 4 is 41.6 Å². The van der Waals surface area contributed by atoms with Gasteiger partial charge >= 0.3 is 11.9 Å². The zero-order chi connectivity index (χ0) is 32.3. The van der Waals surface area contributed by atoms with E-state index in [1.807, 2.05) is 52.8 Å². The number of methoxy groups -OCH3 is 1. The molecular weight excluding hydrogens is 560 g/mol. The Hall–Kier alpha value is -4.73. The molecule has 0 radical (unpaired) electrons. The molecule has 0 saturated carbocycles. The molecule has 10 heteroatoms. The number of hydrogen-bond donors (Lipinski definition) is 4. The highest BCUT2D eigenvalue weighted by atomic mass is 16.5. The van der Waals surface area contributed by atoms with Crippen LogP contribution in [0, 0.1) is 19.8 Å². The molecule has 0 saturated heterocycles. The lowest BCUT2D eigenvalue weighted by Gasteiger charge is -2.12. The first kappa shape index (κ1) is 32.2. The zero-order valence-electron chi connectivity index (χ0n) is 26.1. The minimum Gasteiger partial charge on any atom is -0.481 e. The van der Waals surface area contributed by atoms with Crippen molar-refractivity contribution in [1.82, 2.24) is 15.3 Å². The number of carboxylic acid groups (broad SMARTS) is 1. The van der Waals surface area contributed by atoms with Gasteiger partial charge in [-0.1, -0.05) is 18.7 Å². The van der Waals surface area contributed by atoms with Crippen molar-refractivity contribution in [1.29, 1.82) is 0 Å². The summed E-state index contributed by atoms with van der Waals surface area (Å²) < 4.78 is 4.90. The fourth-order valence-electron chi connectivity index (χ4n) is 6.00. The molecular formula is C34H40N4O6. The zero-order valence-corrected chi connectivity index (χ0v) is 26.1.